The number of Topliss-reactive ketones (excluding diaryl/α,β-unsaturated/α-hetero) is 1. The molecule has 6 heteroatoms. The maximum absolute atomic E-state index is 11.7. The Morgan fingerprint density at radius 1 is 1.65 bits per heavy atom. The molecule has 2 unspecified atom stereocenters. The zero-order chi connectivity index (χ0) is 12.6. The molecule has 2 rings (SSSR count). The number of nitrogens with zero attached hydrogens (tertiary/aromatic N) is 3. The van der Waals surface area contributed by atoms with Crippen LogP contribution in [0, 0.1) is 0 Å². The molecule has 0 N–H and O–H groups in total. The summed E-state index contributed by atoms with van der Waals surface area (Å²) in [6.45, 7) is 2.52. The van der Waals surface area contributed by atoms with Crippen molar-refractivity contribution >= 4 is 18.2 Å². The lowest BCUT2D eigenvalue weighted by Crippen LogP contribution is -2.66. The molecule has 2 aliphatic rings. The van der Waals surface area contributed by atoms with E-state index in [4.69, 9.17) is 0 Å². The van der Waals surface area contributed by atoms with E-state index in [2.05, 4.69) is 9.73 Å². The fourth-order valence-electron chi connectivity index (χ4n) is 2.39. The van der Waals surface area contributed by atoms with Crippen molar-refractivity contribution in [2.24, 2.45) is 4.99 Å². The molecule has 0 spiro atoms. The molecule has 0 aromatic heterocycles. The Morgan fingerprint density at radius 3 is 2.88 bits per heavy atom. The first-order valence-corrected chi connectivity index (χ1v) is 5.68. The summed E-state index contributed by atoms with van der Waals surface area (Å²) in [5.74, 6) is 0.0974. The van der Waals surface area contributed by atoms with Crippen LogP contribution >= 0.6 is 0 Å². The summed E-state index contributed by atoms with van der Waals surface area (Å²) in [6.07, 6.45) is 1.91. The standard InChI is InChI=1S/C11H17N3O3/c1-7-10(15)9(14(7)11(16)17-3)4-8-5-13(2)6-12-8/h6-9H,4-5H2,1-3H3/t7?,8?,9-/m0/s1. The molecule has 2 aliphatic heterocycles. The van der Waals surface area contributed by atoms with Crippen molar-refractivity contribution in [3.63, 3.8) is 0 Å². The lowest BCUT2D eigenvalue weighted by molar-refractivity contribution is -0.141. The molecular formula is C11H17N3O3. The van der Waals surface area contributed by atoms with Crippen LogP contribution in [0.15, 0.2) is 4.99 Å². The smallest absolute Gasteiger partial charge is 0.410 e. The molecule has 1 amide bonds. The van der Waals surface area contributed by atoms with Gasteiger partial charge in [0.15, 0.2) is 5.78 Å². The van der Waals surface area contributed by atoms with Crippen LogP contribution in [0.1, 0.15) is 13.3 Å². The van der Waals surface area contributed by atoms with E-state index in [1.807, 2.05) is 11.9 Å². The topological polar surface area (TPSA) is 62.2 Å². The van der Waals surface area contributed by atoms with Gasteiger partial charge in [-0.2, -0.15) is 0 Å². The largest absolute Gasteiger partial charge is 0.453 e. The maximum Gasteiger partial charge on any atom is 0.410 e. The van der Waals surface area contributed by atoms with Crippen molar-refractivity contribution in [2.75, 3.05) is 20.7 Å². The quantitative estimate of drug-likeness (QED) is 0.687. The van der Waals surface area contributed by atoms with Crippen molar-refractivity contribution in [3.05, 3.63) is 0 Å². The van der Waals surface area contributed by atoms with Crippen molar-refractivity contribution in [1.29, 1.82) is 0 Å². The van der Waals surface area contributed by atoms with Crippen molar-refractivity contribution in [1.82, 2.24) is 9.80 Å². The van der Waals surface area contributed by atoms with Crippen LogP contribution in [-0.4, -0.2) is 66.8 Å². The number of hydrogen-bond acceptors (Lipinski definition) is 5. The Morgan fingerprint density at radius 2 is 2.35 bits per heavy atom. The molecular weight excluding hydrogens is 222 g/mol. The molecule has 0 aromatic carbocycles. The highest BCUT2D eigenvalue weighted by Gasteiger charge is 2.49. The second-order valence-electron chi connectivity index (χ2n) is 4.57. The van der Waals surface area contributed by atoms with Crippen LogP contribution in [0.5, 0.6) is 0 Å². The molecule has 1 fully saturated rings. The molecule has 0 aliphatic carbocycles. The van der Waals surface area contributed by atoms with Gasteiger partial charge in [0.05, 0.1) is 31.6 Å². The van der Waals surface area contributed by atoms with Gasteiger partial charge >= 0.3 is 6.09 Å². The van der Waals surface area contributed by atoms with Crippen LogP contribution in [0.3, 0.4) is 0 Å². The third-order valence-corrected chi connectivity index (χ3v) is 3.35. The fourth-order valence-corrected chi connectivity index (χ4v) is 2.39. The number of amides is 1. The van der Waals surface area contributed by atoms with Crippen molar-refractivity contribution in [3.8, 4) is 0 Å². The Hall–Kier alpha value is -1.59. The Balaban J connectivity index is 1.97. The van der Waals surface area contributed by atoms with E-state index in [-0.39, 0.29) is 23.9 Å². The highest BCUT2D eigenvalue weighted by Crippen LogP contribution is 2.27. The summed E-state index contributed by atoms with van der Waals surface area (Å²) in [4.78, 5) is 31.0. The number of ether oxygens (including phenoxy) is 1. The molecule has 94 valence electrons. The van der Waals surface area contributed by atoms with Gasteiger partial charge in [-0.1, -0.05) is 0 Å². The number of methoxy groups -OCH3 is 1. The molecule has 2 heterocycles. The van der Waals surface area contributed by atoms with E-state index in [0.717, 1.165) is 6.54 Å². The fraction of sp³-hybridized carbons (Fsp3) is 0.727. The van der Waals surface area contributed by atoms with Gasteiger partial charge in [0.2, 0.25) is 0 Å². The number of aliphatic imine (C=N–C) groups is 1. The average molecular weight is 239 g/mol. The lowest BCUT2D eigenvalue weighted by atomic mass is 9.88. The summed E-state index contributed by atoms with van der Waals surface area (Å²) in [7, 11) is 3.27. The highest BCUT2D eigenvalue weighted by atomic mass is 16.5. The molecule has 1 saturated heterocycles. The van der Waals surface area contributed by atoms with Crippen LogP contribution in [0.25, 0.3) is 0 Å². The van der Waals surface area contributed by atoms with E-state index in [9.17, 15) is 9.59 Å². The first-order chi connectivity index (χ1) is 8.04. The minimum absolute atomic E-state index is 0.0913. The number of hydrogen-bond donors (Lipinski definition) is 0. The van der Waals surface area contributed by atoms with Gasteiger partial charge in [-0.15, -0.1) is 0 Å². The summed E-state index contributed by atoms with van der Waals surface area (Å²) >= 11 is 0. The summed E-state index contributed by atoms with van der Waals surface area (Å²) in [5, 5.41) is 0. The molecule has 3 atom stereocenters. The van der Waals surface area contributed by atoms with Gasteiger partial charge in [-0.05, 0) is 13.3 Å². The van der Waals surface area contributed by atoms with Crippen LogP contribution in [0.2, 0.25) is 0 Å². The van der Waals surface area contributed by atoms with Gasteiger partial charge in [0.1, 0.15) is 0 Å². The first kappa shape index (κ1) is 11.9. The number of carbonyl (C=O) groups is 2. The minimum Gasteiger partial charge on any atom is -0.453 e. The van der Waals surface area contributed by atoms with Crippen molar-refractivity contribution < 1.29 is 14.3 Å². The van der Waals surface area contributed by atoms with E-state index in [0.29, 0.717) is 6.42 Å². The van der Waals surface area contributed by atoms with Gasteiger partial charge in [-0.3, -0.25) is 14.7 Å². The number of rotatable bonds is 2. The first-order valence-electron chi connectivity index (χ1n) is 5.68. The van der Waals surface area contributed by atoms with Gasteiger partial charge in [0, 0.05) is 13.6 Å². The van der Waals surface area contributed by atoms with Gasteiger partial charge in [0.25, 0.3) is 0 Å². The van der Waals surface area contributed by atoms with Gasteiger partial charge < -0.3 is 9.64 Å². The number of likely N-dealkylation sites (N-methyl/N-ethyl adjacent to an activating group) is 1. The highest BCUT2D eigenvalue weighted by molar-refractivity contribution is 6.00. The third-order valence-electron chi connectivity index (χ3n) is 3.35. The minimum atomic E-state index is -0.433. The van der Waals surface area contributed by atoms with Crippen LogP contribution in [-0.2, 0) is 9.53 Å². The summed E-state index contributed by atoms with van der Waals surface area (Å²) in [6, 6.07) is -0.643. The predicted octanol–water partition coefficient (Wildman–Crippen LogP) is 0.127. The molecule has 0 radical (unpaired) electrons. The number of carbonyl (C=O) groups excluding carboxylic acids is 2. The second-order valence-corrected chi connectivity index (χ2v) is 4.57. The lowest BCUT2D eigenvalue weighted by Gasteiger charge is -2.44. The molecule has 6 nitrogen and oxygen atoms in total. The van der Waals surface area contributed by atoms with Gasteiger partial charge in [-0.25, -0.2) is 4.79 Å². The van der Waals surface area contributed by atoms with Crippen LogP contribution in [0.4, 0.5) is 4.79 Å². The zero-order valence-corrected chi connectivity index (χ0v) is 10.3. The molecule has 0 bridgehead atoms. The Labute approximate surface area is 100 Å². The Kier molecular flexibility index (Phi) is 3.04. The van der Waals surface area contributed by atoms with E-state index < -0.39 is 6.09 Å². The summed E-state index contributed by atoms with van der Waals surface area (Å²) < 4.78 is 4.67. The molecule has 17 heavy (non-hydrogen) atoms. The second kappa shape index (κ2) is 4.35. The SMILES string of the molecule is COC(=O)N1C(C)C(=O)[C@@H]1CC1CN(C)C=N1. The van der Waals surface area contributed by atoms with Crippen molar-refractivity contribution in [2.45, 2.75) is 31.5 Å². The van der Waals surface area contributed by atoms with E-state index in [1.165, 1.54) is 12.0 Å². The predicted molar refractivity (Wildman–Crippen MR) is 62.0 cm³/mol. The molecule has 0 saturated carbocycles. The number of likely N-dealkylation sites (tertiary alicyclic amines) is 1. The average Bonchev–Trinajstić information content (AvgIpc) is 2.73. The summed E-state index contributed by atoms with van der Waals surface area (Å²) in [5.41, 5.74) is 0. The van der Waals surface area contributed by atoms with Crippen LogP contribution < -0.4 is 0 Å². The third kappa shape index (κ3) is 1.99. The molecule has 0 aromatic rings. The normalized spacial score (nSPS) is 31.7. The Bertz CT molecular complexity index is 369. The zero-order valence-electron chi connectivity index (χ0n) is 10.3. The van der Waals surface area contributed by atoms with E-state index >= 15 is 0 Å². The van der Waals surface area contributed by atoms with E-state index in [1.54, 1.807) is 13.3 Å². The maximum atomic E-state index is 11.7. The number of ketones is 1. The monoisotopic (exact) mass is 239 g/mol.